The SMILES string of the molecule is C[C@H](NC(=O)[C@H](C)NC(=O)[C@H](C)NC(=O)[C@H](Cc1ccccc1)NC(=O)[C@@H](N)Cc1cnc[nH]1)C(=O)O. The lowest BCUT2D eigenvalue weighted by molar-refractivity contribution is -0.141. The van der Waals surface area contributed by atoms with Crippen molar-refractivity contribution in [3.05, 3.63) is 54.1 Å². The Labute approximate surface area is 214 Å². The van der Waals surface area contributed by atoms with E-state index in [0.717, 1.165) is 5.56 Å². The Hall–Kier alpha value is -4.26. The lowest BCUT2D eigenvalue weighted by atomic mass is 10.0. The van der Waals surface area contributed by atoms with Crippen LogP contribution in [0.5, 0.6) is 0 Å². The first-order chi connectivity index (χ1) is 17.5. The number of carboxylic acid groups (broad SMARTS) is 1. The molecule has 4 amide bonds. The number of carboxylic acids is 1. The smallest absolute Gasteiger partial charge is 0.325 e. The number of aromatic nitrogens is 2. The molecule has 2 aromatic rings. The van der Waals surface area contributed by atoms with E-state index in [2.05, 4.69) is 31.2 Å². The molecule has 1 heterocycles. The van der Waals surface area contributed by atoms with Crippen LogP contribution in [0.3, 0.4) is 0 Å². The van der Waals surface area contributed by atoms with Crippen LogP contribution in [0, 0.1) is 0 Å². The minimum absolute atomic E-state index is 0.148. The molecular weight excluding hydrogens is 482 g/mol. The predicted molar refractivity (Wildman–Crippen MR) is 133 cm³/mol. The highest BCUT2D eigenvalue weighted by Gasteiger charge is 2.28. The van der Waals surface area contributed by atoms with Crippen LogP contribution in [0.25, 0.3) is 0 Å². The van der Waals surface area contributed by atoms with Crippen LogP contribution in [0.2, 0.25) is 0 Å². The molecule has 2 rings (SSSR count). The Morgan fingerprint density at radius 3 is 1.95 bits per heavy atom. The van der Waals surface area contributed by atoms with Gasteiger partial charge in [0, 0.05) is 24.7 Å². The average Bonchev–Trinajstić information content (AvgIpc) is 3.36. The van der Waals surface area contributed by atoms with Crippen molar-refractivity contribution in [2.75, 3.05) is 0 Å². The van der Waals surface area contributed by atoms with Gasteiger partial charge in [-0.15, -0.1) is 0 Å². The van der Waals surface area contributed by atoms with E-state index in [-0.39, 0.29) is 12.8 Å². The van der Waals surface area contributed by atoms with Gasteiger partial charge >= 0.3 is 5.97 Å². The lowest BCUT2D eigenvalue weighted by Gasteiger charge is -2.23. The predicted octanol–water partition coefficient (Wildman–Crippen LogP) is -1.39. The van der Waals surface area contributed by atoms with Crippen LogP contribution in [0.4, 0.5) is 0 Å². The maximum Gasteiger partial charge on any atom is 0.325 e. The molecule has 0 radical (unpaired) electrons. The number of aliphatic carboxylic acids is 1. The zero-order valence-corrected chi connectivity index (χ0v) is 20.9. The van der Waals surface area contributed by atoms with Crippen molar-refractivity contribution in [2.24, 2.45) is 5.73 Å². The van der Waals surface area contributed by atoms with E-state index in [0.29, 0.717) is 5.69 Å². The monoisotopic (exact) mass is 515 g/mol. The summed E-state index contributed by atoms with van der Waals surface area (Å²) in [7, 11) is 0. The van der Waals surface area contributed by atoms with Crippen molar-refractivity contribution in [3.63, 3.8) is 0 Å². The number of benzene rings is 1. The molecule has 5 atom stereocenters. The van der Waals surface area contributed by atoms with Crippen LogP contribution in [-0.2, 0) is 36.8 Å². The Kier molecular flexibility index (Phi) is 10.8. The normalized spacial score (nSPS) is 14.8. The van der Waals surface area contributed by atoms with Gasteiger partial charge < -0.3 is 37.1 Å². The fourth-order valence-electron chi connectivity index (χ4n) is 3.25. The highest BCUT2D eigenvalue weighted by atomic mass is 16.4. The third kappa shape index (κ3) is 9.37. The summed E-state index contributed by atoms with van der Waals surface area (Å²) < 4.78 is 0. The molecule has 0 unspecified atom stereocenters. The molecule has 1 aromatic heterocycles. The van der Waals surface area contributed by atoms with Crippen LogP contribution < -0.4 is 27.0 Å². The fraction of sp³-hybridized carbons (Fsp3) is 0.417. The molecule has 13 nitrogen and oxygen atoms in total. The molecule has 0 bridgehead atoms. The van der Waals surface area contributed by atoms with E-state index in [1.165, 1.54) is 27.1 Å². The number of H-pyrrole nitrogens is 1. The number of amides is 4. The highest BCUT2D eigenvalue weighted by molar-refractivity contribution is 5.95. The minimum Gasteiger partial charge on any atom is -0.480 e. The van der Waals surface area contributed by atoms with Gasteiger partial charge in [0.05, 0.1) is 12.4 Å². The summed E-state index contributed by atoms with van der Waals surface area (Å²) in [6.45, 7) is 4.10. The number of rotatable bonds is 13. The molecule has 0 fully saturated rings. The van der Waals surface area contributed by atoms with Gasteiger partial charge in [0.15, 0.2) is 0 Å². The van der Waals surface area contributed by atoms with Gasteiger partial charge in [0.2, 0.25) is 23.6 Å². The van der Waals surface area contributed by atoms with Gasteiger partial charge in [-0.05, 0) is 26.3 Å². The Morgan fingerprint density at radius 2 is 1.41 bits per heavy atom. The van der Waals surface area contributed by atoms with Crippen molar-refractivity contribution in [1.29, 1.82) is 0 Å². The van der Waals surface area contributed by atoms with Gasteiger partial charge in [0.1, 0.15) is 24.2 Å². The van der Waals surface area contributed by atoms with Gasteiger partial charge in [-0.3, -0.25) is 24.0 Å². The Morgan fingerprint density at radius 1 is 0.838 bits per heavy atom. The number of hydrogen-bond acceptors (Lipinski definition) is 7. The van der Waals surface area contributed by atoms with E-state index in [9.17, 15) is 24.0 Å². The maximum atomic E-state index is 13.1. The molecule has 0 aliphatic heterocycles. The summed E-state index contributed by atoms with van der Waals surface area (Å²) in [5.74, 6) is -3.75. The molecule has 13 heteroatoms. The third-order valence-electron chi connectivity index (χ3n) is 5.48. The van der Waals surface area contributed by atoms with E-state index >= 15 is 0 Å². The Balaban J connectivity index is 2.02. The third-order valence-corrected chi connectivity index (χ3v) is 5.48. The summed E-state index contributed by atoms with van der Waals surface area (Å²) in [5.41, 5.74) is 7.44. The molecular formula is C24H33N7O6. The number of carbonyl (C=O) groups excluding carboxylic acids is 4. The number of nitrogens with two attached hydrogens (primary N) is 1. The molecule has 0 saturated carbocycles. The molecule has 8 N–H and O–H groups in total. The zero-order chi connectivity index (χ0) is 27.5. The van der Waals surface area contributed by atoms with Crippen molar-refractivity contribution in [1.82, 2.24) is 31.2 Å². The van der Waals surface area contributed by atoms with E-state index in [4.69, 9.17) is 10.8 Å². The van der Waals surface area contributed by atoms with E-state index in [1.54, 1.807) is 30.5 Å². The number of hydrogen-bond donors (Lipinski definition) is 7. The number of nitrogens with one attached hydrogen (secondary N) is 5. The Bertz CT molecular complexity index is 1080. The van der Waals surface area contributed by atoms with Crippen LogP contribution in [0.1, 0.15) is 32.0 Å². The second-order valence-electron chi connectivity index (χ2n) is 8.67. The van der Waals surface area contributed by atoms with Crippen molar-refractivity contribution in [2.45, 2.75) is 63.8 Å². The first kappa shape index (κ1) is 29.0. The van der Waals surface area contributed by atoms with Crippen LogP contribution in [0.15, 0.2) is 42.9 Å². The topological polar surface area (TPSA) is 208 Å². The second kappa shape index (κ2) is 13.7. The van der Waals surface area contributed by atoms with Crippen LogP contribution in [-0.4, -0.2) is 74.9 Å². The summed E-state index contributed by atoms with van der Waals surface area (Å²) >= 11 is 0. The number of aromatic amines is 1. The number of nitrogens with zero attached hydrogens (tertiary/aromatic N) is 1. The van der Waals surface area contributed by atoms with Crippen molar-refractivity contribution < 1.29 is 29.1 Å². The standard InChI is InChI=1S/C24H33N7O6/c1-13(21(33)30-15(3)24(36)37)28-20(32)14(2)29-23(35)19(9-16-7-5-4-6-8-16)31-22(34)18(25)10-17-11-26-12-27-17/h4-8,11-15,18-19H,9-10,25H2,1-3H3,(H,26,27)(H,28,32)(H,29,35)(H,30,33)(H,31,34)(H,36,37)/t13-,14-,15-,18-,19-/m0/s1. The quantitative estimate of drug-likeness (QED) is 0.168. The molecule has 0 spiro atoms. The maximum absolute atomic E-state index is 13.1. The minimum atomic E-state index is -1.22. The number of carbonyl (C=O) groups is 5. The molecule has 1 aromatic carbocycles. The van der Waals surface area contributed by atoms with Crippen molar-refractivity contribution >= 4 is 29.6 Å². The largest absolute Gasteiger partial charge is 0.480 e. The molecule has 0 aliphatic rings. The number of imidazole rings is 1. The molecule has 37 heavy (non-hydrogen) atoms. The van der Waals surface area contributed by atoms with Gasteiger partial charge in [-0.25, -0.2) is 4.98 Å². The molecule has 200 valence electrons. The lowest BCUT2D eigenvalue weighted by Crippen LogP contribution is -2.57. The summed E-state index contributed by atoms with van der Waals surface area (Å²) in [6.07, 6.45) is 3.35. The highest BCUT2D eigenvalue weighted by Crippen LogP contribution is 2.05. The first-order valence-corrected chi connectivity index (χ1v) is 11.7. The average molecular weight is 516 g/mol. The van der Waals surface area contributed by atoms with Crippen LogP contribution >= 0.6 is 0 Å². The summed E-state index contributed by atoms with van der Waals surface area (Å²) in [4.78, 5) is 68.1. The summed E-state index contributed by atoms with van der Waals surface area (Å²) in [6, 6.07) is 3.78. The molecule has 0 aliphatic carbocycles. The second-order valence-corrected chi connectivity index (χ2v) is 8.67. The van der Waals surface area contributed by atoms with Gasteiger partial charge in [-0.1, -0.05) is 30.3 Å². The summed E-state index contributed by atoms with van der Waals surface area (Å²) in [5, 5.41) is 18.8. The van der Waals surface area contributed by atoms with Gasteiger partial charge in [-0.2, -0.15) is 0 Å². The van der Waals surface area contributed by atoms with E-state index in [1.807, 2.05) is 6.07 Å². The fourth-order valence-corrected chi connectivity index (χ4v) is 3.25. The van der Waals surface area contributed by atoms with E-state index < -0.39 is 59.8 Å². The van der Waals surface area contributed by atoms with Crippen molar-refractivity contribution in [3.8, 4) is 0 Å². The zero-order valence-electron chi connectivity index (χ0n) is 20.9. The van der Waals surface area contributed by atoms with Gasteiger partial charge in [0.25, 0.3) is 0 Å². The molecule has 0 saturated heterocycles. The first-order valence-electron chi connectivity index (χ1n) is 11.7.